The number of carbonyl (C=O) groups is 1. The molecule has 0 saturated carbocycles. The summed E-state index contributed by atoms with van der Waals surface area (Å²) in [5, 5.41) is 4.70. The molecule has 2 aromatic rings. The molecule has 0 spiro atoms. The molecule has 1 aliphatic rings. The smallest absolute Gasteiger partial charge is 0.257 e. The molecule has 0 fully saturated rings. The molecule has 1 atom stereocenters. The first-order valence-electron chi connectivity index (χ1n) is 6.83. The van der Waals surface area contributed by atoms with E-state index in [4.69, 9.17) is 0 Å². The lowest BCUT2D eigenvalue weighted by Crippen LogP contribution is -2.38. The number of aromatic nitrogens is 1. The number of hydrogen-bond acceptors (Lipinski definition) is 4. The number of amides is 1. The molecule has 3 rings (SSSR count). The number of hydrogen-bond donors (Lipinski definition) is 1. The highest BCUT2D eigenvalue weighted by molar-refractivity contribution is 7.10. The second-order valence-corrected chi connectivity index (χ2v) is 6.00. The molecule has 1 N–H and O–H groups in total. The van der Waals surface area contributed by atoms with Gasteiger partial charge in [-0.2, -0.15) is 0 Å². The summed E-state index contributed by atoms with van der Waals surface area (Å²) in [7, 11) is 1.58. The first-order valence-corrected chi connectivity index (χ1v) is 7.71. The molecular formula is C15H16FN3OS. The van der Waals surface area contributed by atoms with Crippen LogP contribution in [0.15, 0.2) is 23.7 Å². The van der Waals surface area contributed by atoms with Crippen molar-refractivity contribution in [3.05, 3.63) is 45.5 Å². The number of nitrogens with one attached hydrogen (secondary N) is 1. The molecule has 2 aromatic heterocycles. The second-order valence-electron chi connectivity index (χ2n) is 4.99. The average Bonchev–Trinajstić information content (AvgIpc) is 2.97. The third-order valence-corrected chi connectivity index (χ3v) is 4.89. The van der Waals surface area contributed by atoms with Gasteiger partial charge in [0.2, 0.25) is 0 Å². The summed E-state index contributed by atoms with van der Waals surface area (Å²) in [5.41, 5.74) is 1.24. The van der Waals surface area contributed by atoms with E-state index in [9.17, 15) is 9.18 Å². The van der Waals surface area contributed by atoms with Crippen molar-refractivity contribution < 1.29 is 9.18 Å². The number of nitrogens with zero attached hydrogens (tertiary/aromatic N) is 2. The lowest BCUT2D eigenvalue weighted by atomic mass is 10.0. The zero-order chi connectivity index (χ0) is 15.0. The van der Waals surface area contributed by atoms with Crippen molar-refractivity contribution in [1.29, 1.82) is 0 Å². The van der Waals surface area contributed by atoms with E-state index >= 15 is 0 Å². The fourth-order valence-electron chi connectivity index (χ4n) is 2.72. The van der Waals surface area contributed by atoms with Gasteiger partial charge in [0.05, 0.1) is 11.6 Å². The van der Waals surface area contributed by atoms with Gasteiger partial charge >= 0.3 is 0 Å². The highest BCUT2D eigenvalue weighted by Crippen LogP contribution is 2.34. The van der Waals surface area contributed by atoms with E-state index in [1.54, 1.807) is 23.3 Å². The van der Waals surface area contributed by atoms with Crippen molar-refractivity contribution in [2.24, 2.45) is 0 Å². The number of rotatable bonds is 2. The van der Waals surface area contributed by atoms with Crippen LogP contribution in [0.2, 0.25) is 0 Å². The molecule has 1 unspecified atom stereocenters. The van der Waals surface area contributed by atoms with Gasteiger partial charge in [-0.1, -0.05) is 0 Å². The van der Waals surface area contributed by atoms with Crippen molar-refractivity contribution in [2.75, 3.05) is 18.9 Å². The quantitative estimate of drug-likeness (QED) is 0.927. The van der Waals surface area contributed by atoms with Crippen LogP contribution in [0.3, 0.4) is 0 Å². The summed E-state index contributed by atoms with van der Waals surface area (Å²) < 4.78 is 14.3. The maximum absolute atomic E-state index is 14.3. The van der Waals surface area contributed by atoms with Crippen molar-refractivity contribution in [2.45, 2.75) is 19.4 Å². The molecule has 3 heterocycles. The Balaban J connectivity index is 1.93. The zero-order valence-corrected chi connectivity index (χ0v) is 12.7. The maximum Gasteiger partial charge on any atom is 0.257 e. The zero-order valence-electron chi connectivity index (χ0n) is 11.9. The summed E-state index contributed by atoms with van der Waals surface area (Å²) in [4.78, 5) is 19.6. The van der Waals surface area contributed by atoms with Gasteiger partial charge in [0.25, 0.3) is 5.91 Å². The Kier molecular flexibility index (Phi) is 3.63. The highest BCUT2D eigenvalue weighted by atomic mass is 32.1. The van der Waals surface area contributed by atoms with Crippen LogP contribution in [0.25, 0.3) is 0 Å². The number of fused-ring (bicyclic) bond motifs is 1. The molecule has 1 amide bonds. The molecule has 0 aromatic carbocycles. The monoisotopic (exact) mass is 305 g/mol. The van der Waals surface area contributed by atoms with Crippen molar-refractivity contribution in [3.63, 3.8) is 0 Å². The third kappa shape index (κ3) is 2.29. The van der Waals surface area contributed by atoms with Crippen LogP contribution in [0.4, 0.5) is 10.2 Å². The van der Waals surface area contributed by atoms with Gasteiger partial charge in [-0.15, -0.1) is 11.3 Å². The van der Waals surface area contributed by atoms with Crippen LogP contribution in [0.5, 0.6) is 0 Å². The van der Waals surface area contributed by atoms with E-state index in [0.717, 1.165) is 6.42 Å². The van der Waals surface area contributed by atoms with Gasteiger partial charge in [-0.3, -0.25) is 4.79 Å². The molecule has 0 bridgehead atoms. The Hall–Kier alpha value is -1.95. The number of halogens is 1. The first kappa shape index (κ1) is 14.0. The Labute approximate surface area is 126 Å². The molecular weight excluding hydrogens is 289 g/mol. The third-order valence-electron chi connectivity index (χ3n) is 3.89. The summed E-state index contributed by atoms with van der Waals surface area (Å²) in [6, 6.07) is 3.46. The van der Waals surface area contributed by atoms with Gasteiger partial charge in [0, 0.05) is 24.7 Å². The minimum absolute atomic E-state index is 0.0295. The fraction of sp³-hybridized carbons (Fsp3) is 0.333. The van der Waals surface area contributed by atoms with Crippen molar-refractivity contribution >= 4 is 23.1 Å². The van der Waals surface area contributed by atoms with E-state index in [-0.39, 0.29) is 23.3 Å². The van der Waals surface area contributed by atoms with Gasteiger partial charge < -0.3 is 10.2 Å². The largest absolute Gasteiger partial charge is 0.371 e. The SMILES string of the molecule is CNc1nccc(C(=O)N2CCc3sccc3C2C)c1F. The van der Waals surface area contributed by atoms with Gasteiger partial charge in [-0.25, -0.2) is 9.37 Å². The van der Waals surface area contributed by atoms with E-state index < -0.39 is 5.82 Å². The van der Waals surface area contributed by atoms with Crippen LogP contribution in [-0.2, 0) is 6.42 Å². The average molecular weight is 305 g/mol. The topological polar surface area (TPSA) is 45.2 Å². The van der Waals surface area contributed by atoms with Crippen molar-refractivity contribution in [3.8, 4) is 0 Å². The van der Waals surface area contributed by atoms with Crippen LogP contribution in [0.1, 0.15) is 33.8 Å². The van der Waals surface area contributed by atoms with Crippen LogP contribution < -0.4 is 5.32 Å². The molecule has 0 aliphatic carbocycles. The standard InChI is InChI=1S/C15H16FN3OS/c1-9-10-5-8-21-12(10)4-7-19(9)15(20)11-3-6-18-14(17-2)13(11)16/h3,5-6,8-9H,4,7H2,1-2H3,(H,17,18). The molecule has 4 nitrogen and oxygen atoms in total. The lowest BCUT2D eigenvalue weighted by molar-refractivity contribution is 0.0674. The number of pyridine rings is 1. The predicted octanol–water partition coefficient (Wildman–Crippen LogP) is 3.08. The molecule has 1 aliphatic heterocycles. The van der Waals surface area contributed by atoms with Gasteiger partial charge in [-0.05, 0) is 36.4 Å². The summed E-state index contributed by atoms with van der Waals surface area (Å²) in [6.45, 7) is 2.60. The van der Waals surface area contributed by atoms with Crippen LogP contribution in [-0.4, -0.2) is 29.4 Å². The Bertz CT molecular complexity index is 685. The first-order chi connectivity index (χ1) is 10.1. The summed E-state index contributed by atoms with van der Waals surface area (Å²) in [5.74, 6) is -0.772. The summed E-state index contributed by atoms with van der Waals surface area (Å²) in [6.07, 6.45) is 2.28. The predicted molar refractivity (Wildman–Crippen MR) is 81.2 cm³/mol. The molecule has 21 heavy (non-hydrogen) atoms. The Morgan fingerprint density at radius 2 is 2.33 bits per heavy atom. The van der Waals surface area contributed by atoms with E-state index in [0.29, 0.717) is 6.54 Å². The van der Waals surface area contributed by atoms with Crippen LogP contribution in [0, 0.1) is 5.82 Å². The molecule has 0 radical (unpaired) electrons. The van der Waals surface area contributed by atoms with Crippen molar-refractivity contribution in [1.82, 2.24) is 9.88 Å². The minimum atomic E-state index is -0.590. The molecule has 0 saturated heterocycles. The van der Waals surface area contributed by atoms with E-state index in [1.165, 1.54) is 22.7 Å². The molecule has 110 valence electrons. The minimum Gasteiger partial charge on any atom is -0.371 e. The summed E-state index contributed by atoms with van der Waals surface area (Å²) >= 11 is 1.72. The number of anilines is 1. The maximum atomic E-state index is 14.3. The second kappa shape index (κ2) is 5.44. The Morgan fingerprint density at radius 3 is 3.10 bits per heavy atom. The Morgan fingerprint density at radius 1 is 1.52 bits per heavy atom. The number of carbonyl (C=O) groups excluding carboxylic acids is 1. The molecule has 6 heteroatoms. The van der Waals surface area contributed by atoms with Crippen LogP contribution >= 0.6 is 11.3 Å². The fourth-order valence-corrected chi connectivity index (χ4v) is 3.69. The highest BCUT2D eigenvalue weighted by Gasteiger charge is 2.30. The number of thiophene rings is 1. The lowest BCUT2D eigenvalue weighted by Gasteiger charge is -2.33. The van der Waals surface area contributed by atoms with E-state index in [2.05, 4.69) is 10.3 Å². The van der Waals surface area contributed by atoms with Gasteiger partial charge in [0.1, 0.15) is 0 Å². The normalized spacial score (nSPS) is 17.5. The van der Waals surface area contributed by atoms with Gasteiger partial charge in [0.15, 0.2) is 11.6 Å². The van der Waals surface area contributed by atoms with E-state index in [1.807, 2.05) is 18.4 Å².